The van der Waals surface area contributed by atoms with Gasteiger partial charge in [0.2, 0.25) is 0 Å². The molecule has 0 aromatic heterocycles. The highest BCUT2D eigenvalue weighted by Crippen LogP contribution is 2.28. The number of carbonyl (C=O) groups excluding carboxylic acids is 2. The minimum Gasteiger partial charge on any atom is -0.493 e. The third kappa shape index (κ3) is 6.12. The third-order valence-corrected chi connectivity index (χ3v) is 3.66. The van der Waals surface area contributed by atoms with Crippen LogP contribution in [-0.4, -0.2) is 31.7 Å². The van der Waals surface area contributed by atoms with Gasteiger partial charge in [0, 0.05) is 5.69 Å². The topological polar surface area (TPSA) is 73.9 Å². The molecule has 1 N–H and O–H groups in total. The molecule has 0 saturated heterocycles. The molecule has 148 valence electrons. The van der Waals surface area contributed by atoms with E-state index >= 15 is 0 Å². The van der Waals surface area contributed by atoms with Gasteiger partial charge in [-0.05, 0) is 49.7 Å². The molecule has 2 rings (SSSR count). The molecule has 0 aliphatic carbocycles. The van der Waals surface area contributed by atoms with Gasteiger partial charge in [0.1, 0.15) is 5.82 Å². The van der Waals surface area contributed by atoms with E-state index in [4.69, 9.17) is 14.2 Å². The predicted molar refractivity (Wildman–Crippen MR) is 104 cm³/mol. The van der Waals surface area contributed by atoms with E-state index in [-0.39, 0.29) is 5.69 Å². The van der Waals surface area contributed by atoms with Gasteiger partial charge in [-0.2, -0.15) is 0 Å². The summed E-state index contributed by atoms with van der Waals surface area (Å²) < 4.78 is 28.9. The van der Waals surface area contributed by atoms with Crippen LogP contribution in [0.1, 0.15) is 19.4 Å². The summed E-state index contributed by atoms with van der Waals surface area (Å²) in [4.78, 5) is 24.0. The van der Waals surface area contributed by atoms with Crippen LogP contribution in [0.2, 0.25) is 0 Å². The standard InChI is InChI=1S/C21H22FNO5/c1-4-6-15-9-10-18(19(11-15)26-3)27-13-20(24)28-14(2)21(25)23-17-8-5-7-16(22)12-17/h4-12,14H,13H2,1-3H3,(H,23,25)/b6-4+/t14-/m1/s1. The van der Waals surface area contributed by atoms with Gasteiger partial charge in [-0.1, -0.05) is 24.3 Å². The van der Waals surface area contributed by atoms with E-state index in [1.165, 1.54) is 38.3 Å². The summed E-state index contributed by atoms with van der Waals surface area (Å²) in [5.41, 5.74) is 1.20. The molecule has 0 saturated carbocycles. The highest BCUT2D eigenvalue weighted by atomic mass is 19.1. The molecule has 28 heavy (non-hydrogen) atoms. The summed E-state index contributed by atoms with van der Waals surface area (Å²) in [6.07, 6.45) is 2.72. The minimum atomic E-state index is -1.07. The number of halogens is 1. The maximum absolute atomic E-state index is 13.2. The van der Waals surface area contributed by atoms with Crippen molar-refractivity contribution in [2.75, 3.05) is 19.0 Å². The zero-order chi connectivity index (χ0) is 20.5. The van der Waals surface area contributed by atoms with Crippen molar-refractivity contribution in [1.29, 1.82) is 0 Å². The molecular formula is C21H22FNO5. The molecule has 2 aromatic carbocycles. The van der Waals surface area contributed by atoms with Gasteiger partial charge in [-0.3, -0.25) is 4.79 Å². The van der Waals surface area contributed by atoms with Crippen molar-refractivity contribution in [3.63, 3.8) is 0 Å². The number of esters is 1. The second kappa shape index (κ2) is 10.1. The number of hydrogen-bond donors (Lipinski definition) is 1. The van der Waals surface area contributed by atoms with Gasteiger partial charge in [0.05, 0.1) is 7.11 Å². The van der Waals surface area contributed by atoms with Crippen molar-refractivity contribution in [3.05, 3.63) is 59.9 Å². The van der Waals surface area contributed by atoms with Crippen LogP contribution in [0.25, 0.3) is 6.08 Å². The lowest BCUT2D eigenvalue weighted by atomic mass is 10.2. The van der Waals surface area contributed by atoms with E-state index in [0.29, 0.717) is 11.5 Å². The van der Waals surface area contributed by atoms with Crippen LogP contribution in [-0.2, 0) is 14.3 Å². The summed E-state index contributed by atoms with van der Waals surface area (Å²) in [6.45, 7) is 2.93. The largest absolute Gasteiger partial charge is 0.493 e. The number of anilines is 1. The number of benzene rings is 2. The number of carbonyl (C=O) groups is 2. The molecule has 0 unspecified atom stereocenters. The van der Waals surface area contributed by atoms with Gasteiger partial charge >= 0.3 is 5.97 Å². The summed E-state index contributed by atoms with van der Waals surface area (Å²) in [7, 11) is 1.50. The molecule has 0 spiro atoms. The zero-order valence-corrected chi connectivity index (χ0v) is 15.9. The van der Waals surface area contributed by atoms with E-state index in [1.807, 2.05) is 25.1 Å². The third-order valence-electron chi connectivity index (χ3n) is 3.66. The van der Waals surface area contributed by atoms with Gasteiger partial charge in [-0.25, -0.2) is 9.18 Å². The fourth-order valence-corrected chi connectivity index (χ4v) is 2.33. The number of nitrogens with one attached hydrogen (secondary N) is 1. The normalized spacial score (nSPS) is 11.7. The van der Waals surface area contributed by atoms with Gasteiger partial charge in [0.15, 0.2) is 24.2 Å². The molecule has 1 amide bonds. The van der Waals surface area contributed by atoms with Crippen LogP contribution < -0.4 is 14.8 Å². The zero-order valence-electron chi connectivity index (χ0n) is 15.9. The van der Waals surface area contributed by atoms with Crippen LogP contribution in [0.5, 0.6) is 11.5 Å². The molecule has 2 aromatic rings. The number of rotatable bonds is 8. The van der Waals surface area contributed by atoms with Gasteiger partial charge in [-0.15, -0.1) is 0 Å². The maximum Gasteiger partial charge on any atom is 0.344 e. The SMILES string of the molecule is C/C=C/c1ccc(OCC(=O)O[C@H](C)C(=O)Nc2cccc(F)c2)c(OC)c1. The summed E-state index contributed by atoms with van der Waals surface area (Å²) in [6, 6.07) is 10.7. The molecule has 0 aliphatic heterocycles. The van der Waals surface area contributed by atoms with Gasteiger partial charge in [0.25, 0.3) is 5.91 Å². The lowest BCUT2D eigenvalue weighted by Gasteiger charge is -2.15. The predicted octanol–water partition coefficient (Wildman–Crippen LogP) is 3.82. The fourth-order valence-electron chi connectivity index (χ4n) is 2.33. The van der Waals surface area contributed by atoms with Gasteiger partial charge < -0.3 is 19.5 Å². The van der Waals surface area contributed by atoms with Crippen molar-refractivity contribution in [1.82, 2.24) is 0 Å². The Bertz CT molecular complexity index is 866. The Hall–Kier alpha value is -3.35. The average Bonchev–Trinajstić information content (AvgIpc) is 2.67. The number of ether oxygens (including phenoxy) is 3. The first-order chi connectivity index (χ1) is 13.4. The van der Waals surface area contributed by atoms with Crippen molar-refractivity contribution in [2.45, 2.75) is 20.0 Å². The van der Waals surface area contributed by atoms with Crippen LogP contribution in [0, 0.1) is 5.82 Å². The first-order valence-electron chi connectivity index (χ1n) is 8.62. The van der Waals surface area contributed by atoms with E-state index < -0.39 is 30.4 Å². The molecule has 0 heterocycles. The second-order valence-corrected chi connectivity index (χ2v) is 5.83. The summed E-state index contributed by atoms with van der Waals surface area (Å²) in [5, 5.41) is 2.47. The van der Waals surface area contributed by atoms with Crippen molar-refractivity contribution < 1.29 is 28.2 Å². The highest BCUT2D eigenvalue weighted by molar-refractivity contribution is 5.95. The molecule has 0 bridgehead atoms. The van der Waals surface area contributed by atoms with Crippen LogP contribution in [0.4, 0.5) is 10.1 Å². The quantitative estimate of drug-likeness (QED) is 0.697. The fraction of sp³-hybridized carbons (Fsp3) is 0.238. The van der Waals surface area contributed by atoms with E-state index in [1.54, 1.807) is 12.1 Å². The van der Waals surface area contributed by atoms with Crippen molar-refractivity contribution in [3.8, 4) is 11.5 Å². The summed E-state index contributed by atoms with van der Waals surface area (Å²) >= 11 is 0. The van der Waals surface area contributed by atoms with Crippen molar-refractivity contribution in [2.24, 2.45) is 0 Å². The monoisotopic (exact) mass is 387 g/mol. The van der Waals surface area contributed by atoms with E-state index in [2.05, 4.69) is 5.32 Å². The molecule has 0 radical (unpaired) electrons. The molecule has 6 nitrogen and oxygen atoms in total. The molecule has 7 heteroatoms. The Labute approximate surface area is 162 Å². The average molecular weight is 387 g/mol. The number of amides is 1. The van der Waals surface area contributed by atoms with Crippen LogP contribution >= 0.6 is 0 Å². The first kappa shape index (κ1) is 21.0. The van der Waals surface area contributed by atoms with Crippen molar-refractivity contribution >= 4 is 23.6 Å². The lowest BCUT2D eigenvalue weighted by Crippen LogP contribution is -2.31. The number of hydrogen-bond acceptors (Lipinski definition) is 5. The summed E-state index contributed by atoms with van der Waals surface area (Å²) in [5.74, 6) is -0.927. The molecule has 1 atom stereocenters. The Kier molecular flexibility index (Phi) is 7.56. The first-order valence-corrected chi connectivity index (χ1v) is 8.62. The molecular weight excluding hydrogens is 365 g/mol. The highest BCUT2D eigenvalue weighted by Gasteiger charge is 2.19. The second-order valence-electron chi connectivity index (χ2n) is 5.83. The molecule has 0 fully saturated rings. The van der Waals surface area contributed by atoms with E-state index in [9.17, 15) is 14.0 Å². The van der Waals surface area contributed by atoms with Crippen LogP contribution in [0.15, 0.2) is 48.5 Å². The Morgan fingerprint density at radius 1 is 1.18 bits per heavy atom. The lowest BCUT2D eigenvalue weighted by molar-refractivity contribution is -0.155. The van der Waals surface area contributed by atoms with Crippen LogP contribution in [0.3, 0.4) is 0 Å². The Morgan fingerprint density at radius 2 is 1.96 bits per heavy atom. The number of methoxy groups -OCH3 is 1. The molecule has 0 aliphatic rings. The smallest absolute Gasteiger partial charge is 0.344 e. The number of allylic oxidation sites excluding steroid dienone is 1. The minimum absolute atomic E-state index is 0.273. The Balaban J connectivity index is 1.88. The Morgan fingerprint density at radius 3 is 2.64 bits per heavy atom. The maximum atomic E-state index is 13.2. The van der Waals surface area contributed by atoms with E-state index in [0.717, 1.165) is 5.56 Å².